The smallest absolute Gasteiger partial charge is 0.0483 e. The van der Waals surface area contributed by atoms with Crippen molar-refractivity contribution < 1.29 is 4.74 Å². The summed E-state index contributed by atoms with van der Waals surface area (Å²) in [6.45, 7) is 8.12. The third-order valence-corrected chi connectivity index (χ3v) is 5.74. The van der Waals surface area contributed by atoms with Gasteiger partial charge in [-0.1, -0.05) is 19.3 Å². The molecular weight excluding hydrogens is 236 g/mol. The van der Waals surface area contributed by atoms with E-state index in [0.29, 0.717) is 11.1 Å². The summed E-state index contributed by atoms with van der Waals surface area (Å²) in [5, 5.41) is 3.91. The Morgan fingerprint density at radius 2 is 1.68 bits per heavy atom. The van der Waals surface area contributed by atoms with Crippen molar-refractivity contribution >= 4 is 0 Å². The molecule has 3 heteroatoms. The fourth-order valence-corrected chi connectivity index (χ4v) is 4.28. The van der Waals surface area contributed by atoms with E-state index in [1.54, 1.807) is 0 Å². The van der Waals surface area contributed by atoms with Crippen LogP contribution in [0.15, 0.2) is 0 Å². The lowest BCUT2D eigenvalue weighted by molar-refractivity contribution is -0.0285. The average molecular weight is 266 g/mol. The van der Waals surface area contributed by atoms with Gasteiger partial charge in [-0.25, -0.2) is 0 Å². The van der Waals surface area contributed by atoms with Crippen LogP contribution < -0.4 is 5.32 Å². The molecule has 0 aromatic heterocycles. The molecule has 19 heavy (non-hydrogen) atoms. The van der Waals surface area contributed by atoms with Crippen molar-refractivity contribution in [3.05, 3.63) is 0 Å². The molecule has 3 fully saturated rings. The molecule has 2 saturated heterocycles. The molecule has 0 radical (unpaired) electrons. The first-order valence-electron chi connectivity index (χ1n) is 8.30. The third-order valence-electron chi connectivity index (χ3n) is 5.74. The molecular formula is C16H30N2O. The second kappa shape index (κ2) is 5.71. The molecule has 1 N–H and O–H groups in total. The van der Waals surface area contributed by atoms with Crippen molar-refractivity contribution in [3.63, 3.8) is 0 Å². The molecule has 3 nitrogen and oxygen atoms in total. The van der Waals surface area contributed by atoms with Gasteiger partial charge in [0, 0.05) is 30.8 Å². The number of hydrogen-bond acceptors (Lipinski definition) is 3. The van der Waals surface area contributed by atoms with E-state index < -0.39 is 0 Å². The van der Waals surface area contributed by atoms with Crippen LogP contribution in [0.2, 0.25) is 0 Å². The van der Waals surface area contributed by atoms with Crippen LogP contribution in [0.25, 0.3) is 0 Å². The molecule has 110 valence electrons. The fourth-order valence-electron chi connectivity index (χ4n) is 4.28. The minimum absolute atomic E-state index is 0.384. The lowest BCUT2D eigenvalue weighted by Crippen LogP contribution is -2.58. The quantitative estimate of drug-likeness (QED) is 0.789. The maximum absolute atomic E-state index is 5.58. The maximum atomic E-state index is 5.58. The van der Waals surface area contributed by atoms with Gasteiger partial charge in [0.1, 0.15) is 0 Å². The van der Waals surface area contributed by atoms with Crippen LogP contribution in [0.5, 0.6) is 0 Å². The topological polar surface area (TPSA) is 24.5 Å². The van der Waals surface area contributed by atoms with Crippen molar-refractivity contribution in [2.45, 2.75) is 69.4 Å². The van der Waals surface area contributed by atoms with Crippen molar-refractivity contribution in [2.24, 2.45) is 0 Å². The molecule has 0 aromatic rings. The van der Waals surface area contributed by atoms with Crippen LogP contribution in [0.3, 0.4) is 0 Å². The summed E-state index contributed by atoms with van der Waals surface area (Å²) >= 11 is 0. The summed E-state index contributed by atoms with van der Waals surface area (Å²) in [7, 11) is 0. The summed E-state index contributed by atoms with van der Waals surface area (Å²) in [5.41, 5.74) is 0.810. The largest absolute Gasteiger partial charge is 0.381 e. The Morgan fingerprint density at radius 3 is 2.42 bits per heavy atom. The van der Waals surface area contributed by atoms with E-state index in [9.17, 15) is 0 Å². The minimum Gasteiger partial charge on any atom is -0.381 e. The third kappa shape index (κ3) is 2.98. The van der Waals surface area contributed by atoms with Gasteiger partial charge < -0.3 is 10.1 Å². The predicted molar refractivity (Wildman–Crippen MR) is 78.5 cm³/mol. The van der Waals surface area contributed by atoms with E-state index in [1.165, 1.54) is 71.0 Å². The Labute approximate surface area is 118 Å². The van der Waals surface area contributed by atoms with Crippen molar-refractivity contribution in [1.82, 2.24) is 10.2 Å². The molecule has 2 aliphatic heterocycles. The number of rotatable bonds is 1. The maximum Gasteiger partial charge on any atom is 0.0483 e. The van der Waals surface area contributed by atoms with Gasteiger partial charge in [0.05, 0.1) is 0 Å². The second-order valence-electron chi connectivity index (χ2n) is 7.15. The zero-order valence-electron chi connectivity index (χ0n) is 12.5. The number of ether oxygens (including phenoxy) is 1. The molecule has 1 saturated carbocycles. The van der Waals surface area contributed by atoms with E-state index in [-0.39, 0.29) is 0 Å². The standard InChI is InChI=1S/C16H30N2O/c1-15(8-12-19-13-9-15)18-11-5-10-17-16(14-18)6-3-2-4-7-16/h17H,2-14H2,1H3. The van der Waals surface area contributed by atoms with Crippen LogP contribution in [-0.2, 0) is 4.74 Å². The monoisotopic (exact) mass is 266 g/mol. The summed E-state index contributed by atoms with van der Waals surface area (Å²) in [6.07, 6.45) is 10.8. The molecule has 0 amide bonds. The molecule has 2 heterocycles. The van der Waals surface area contributed by atoms with Crippen LogP contribution in [0.1, 0.15) is 58.3 Å². The zero-order chi connectivity index (χ0) is 13.2. The average Bonchev–Trinajstić information content (AvgIpc) is 2.64. The Balaban J connectivity index is 1.73. The Kier molecular flexibility index (Phi) is 4.16. The van der Waals surface area contributed by atoms with E-state index in [0.717, 1.165) is 13.2 Å². The molecule has 0 bridgehead atoms. The van der Waals surface area contributed by atoms with Crippen LogP contribution in [-0.4, -0.2) is 48.8 Å². The molecule has 0 aromatic carbocycles. The Hall–Kier alpha value is -0.120. The van der Waals surface area contributed by atoms with Crippen molar-refractivity contribution in [1.29, 1.82) is 0 Å². The van der Waals surface area contributed by atoms with E-state index in [4.69, 9.17) is 4.74 Å². The van der Waals surface area contributed by atoms with Gasteiger partial charge in [-0.15, -0.1) is 0 Å². The zero-order valence-corrected chi connectivity index (χ0v) is 12.5. The number of hydrogen-bond donors (Lipinski definition) is 1. The molecule has 0 atom stereocenters. The van der Waals surface area contributed by atoms with Crippen molar-refractivity contribution in [2.75, 3.05) is 32.8 Å². The summed E-state index contributed by atoms with van der Waals surface area (Å²) < 4.78 is 5.58. The molecule has 3 rings (SSSR count). The fraction of sp³-hybridized carbons (Fsp3) is 1.00. The van der Waals surface area contributed by atoms with E-state index >= 15 is 0 Å². The van der Waals surface area contributed by atoms with E-state index in [1.807, 2.05) is 0 Å². The summed E-state index contributed by atoms with van der Waals surface area (Å²) in [5.74, 6) is 0. The molecule has 1 aliphatic carbocycles. The SMILES string of the molecule is CC1(N2CCCNC3(CCCCC3)C2)CCOCC1. The molecule has 0 unspecified atom stereocenters. The van der Waals surface area contributed by atoms with Gasteiger partial charge in [0.2, 0.25) is 0 Å². The predicted octanol–water partition coefficient (Wildman–Crippen LogP) is 2.55. The normalized spacial score (nSPS) is 32.1. The minimum atomic E-state index is 0.384. The lowest BCUT2D eigenvalue weighted by Gasteiger charge is -2.48. The van der Waals surface area contributed by atoms with Crippen LogP contribution >= 0.6 is 0 Å². The second-order valence-corrected chi connectivity index (χ2v) is 7.15. The van der Waals surface area contributed by atoms with Gasteiger partial charge in [-0.05, 0) is 52.1 Å². The van der Waals surface area contributed by atoms with Gasteiger partial charge in [0.15, 0.2) is 0 Å². The highest BCUT2D eigenvalue weighted by Crippen LogP contribution is 2.35. The highest BCUT2D eigenvalue weighted by atomic mass is 16.5. The lowest BCUT2D eigenvalue weighted by atomic mass is 9.80. The van der Waals surface area contributed by atoms with Gasteiger partial charge in [0.25, 0.3) is 0 Å². The highest BCUT2D eigenvalue weighted by molar-refractivity contribution is 5.00. The Morgan fingerprint density at radius 1 is 0.947 bits per heavy atom. The van der Waals surface area contributed by atoms with Crippen molar-refractivity contribution in [3.8, 4) is 0 Å². The molecule has 3 aliphatic rings. The number of nitrogens with zero attached hydrogens (tertiary/aromatic N) is 1. The number of nitrogens with one attached hydrogen (secondary N) is 1. The molecule has 1 spiro atoms. The first kappa shape index (κ1) is 13.8. The van der Waals surface area contributed by atoms with Crippen LogP contribution in [0.4, 0.5) is 0 Å². The van der Waals surface area contributed by atoms with Gasteiger partial charge in [-0.3, -0.25) is 4.90 Å². The van der Waals surface area contributed by atoms with Gasteiger partial charge >= 0.3 is 0 Å². The van der Waals surface area contributed by atoms with Gasteiger partial charge in [-0.2, -0.15) is 0 Å². The highest BCUT2D eigenvalue weighted by Gasteiger charge is 2.41. The summed E-state index contributed by atoms with van der Waals surface area (Å²) in [6, 6.07) is 0. The summed E-state index contributed by atoms with van der Waals surface area (Å²) in [4.78, 5) is 2.81. The van der Waals surface area contributed by atoms with E-state index in [2.05, 4.69) is 17.1 Å². The first-order valence-corrected chi connectivity index (χ1v) is 8.30. The first-order chi connectivity index (χ1) is 9.23. The van der Waals surface area contributed by atoms with Crippen LogP contribution in [0, 0.1) is 0 Å². The Bertz CT molecular complexity index is 293.